The second-order valence-corrected chi connectivity index (χ2v) is 14.5. The van der Waals surface area contributed by atoms with Gasteiger partial charge in [0, 0.05) is 31.4 Å². The molecule has 252 valence electrons. The smallest absolute Gasteiger partial charge is 0.407 e. The van der Waals surface area contributed by atoms with Gasteiger partial charge in [-0.05, 0) is 107 Å². The van der Waals surface area contributed by atoms with E-state index in [2.05, 4.69) is 10.6 Å². The molecular weight excluding hydrogens is 715 g/mol. The maximum absolute atomic E-state index is 14.1. The van der Waals surface area contributed by atoms with Crippen LogP contribution in [0.5, 0.6) is 0 Å². The molecule has 1 atom stereocenters. The molecule has 2 heterocycles. The highest BCUT2D eigenvalue weighted by Gasteiger charge is 2.37. The molecule has 4 rings (SSSR count). The van der Waals surface area contributed by atoms with Crippen LogP contribution in [0.2, 0.25) is 0 Å². The normalized spacial score (nSPS) is 15.1. The van der Waals surface area contributed by atoms with Crippen LogP contribution < -0.4 is 15.5 Å². The average molecular weight is 759 g/mol. The van der Waals surface area contributed by atoms with Gasteiger partial charge in [0.15, 0.2) is 0 Å². The number of halogens is 1. The molecule has 2 amide bonds. The molecule has 0 unspecified atom stereocenters. The number of anilines is 2. The van der Waals surface area contributed by atoms with Gasteiger partial charge in [0.05, 0.1) is 16.2 Å². The van der Waals surface area contributed by atoms with E-state index in [9.17, 15) is 19.2 Å². The largest absolute Gasteiger partial charge is 0.465 e. The minimum Gasteiger partial charge on any atom is -0.465 e. The molecule has 2 aromatic carbocycles. The van der Waals surface area contributed by atoms with Crippen molar-refractivity contribution >= 4 is 58.0 Å². The molecule has 1 aromatic heterocycles. The number of carbonyl (C=O) groups is 4. The molecule has 0 saturated carbocycles. The summed E-state index contributed by atoms with van der Waals surface area (Å²) in [6, 6.07) is 15.8. The van der Waals surface area contributed by atoms with E-state index in [0.29, 0.717) is 40.3 Å². The molecule has 1 aliphatic heterocycles. The summed E-state index contributed by atoms with van der Waals surface area (Å²) in [5, 5.41) is 5.92. The van der Waals surface area contributed by atoms with Gasteiger partial charge in [-0.25, -0.2) is 14.4 Å². The first-order valence-corrected chi connectivity index (χ1v) is 16.6. The number of benzene rings is 2. The average Bonchev–Trinajstić information content (AvgIpc) is 3.27. The van der Waals surface area contributed by atoms with Gasteiger partial charge in [-0.3, -0.25) is 4.79 Å². The molecule has 11 nitrogen and oxygen atoms in total. The van der Waals surface area contributed by atoms with Gasteiger partial charge in [0.25, 0.3) is 5.91 Å². The van der Waals surface area contributed by atoms with Crippen LogP contribution in [0.15, 0.2) is 54.6 Å². The molecule has 3 aromatic rings. The summed E-state index contributed by atoms with van der Waals surface area (Å²) in [7, 11) is 1.30. The van der Waals surface area contributed by atoms with Gasteiger partial charge in [-0.1, -0.05) is 30.3 Å². The quantitative estimate of drug-likeness (QED) is 0.149. The first-order valence-electron chi connectivity index (χ1n) is 15.5. The highest BCUT2D eigenvalue weighted by atomic mass is 127. The molecule has 1 saturated heterocycles. The van der Waals surface area contributed by atoms with E-state index in [1.807, 2.05) is 83.2 Å². The lowest BCUT2D eigenvalue weighted by atomic mass is 10.1. The number of nitrogens with zero attached hydrogens (tertiary/aromatic N) is 2. The first-order chi connectivity index (χ1) is 22.1. The Hall–Kier alpha value is -4.07. The summed E-state index contributed by atoms with van der Waals surface area (Å²) in [5.41, 5.74) is 0.862. The number of hydrogen-bond donors (Lipinski definition) is 2. The topological polar surface area (TPSA) is 128 Å². The Labute approximate surface area is 289 Å². The van der Waals surface area contributed by atoms with E-state index in [-0.39, 0.29) is 17.3 Å². The maximum Gasteiger partial charge on any atom is 0.407 e. The van der Waals surface area contributed by atoms with Crippen molar-refractivity contribution in [1.82, 2.24) is 9.88 Å². The van der Waals surface area contributed by atoms with E-state index < -0.39 is 35.1 Å². The summed E-state index contributed by atoms with van der Waals surface area (Å²) < 4.78 is 18.5. The molecule has 1 aliphatic rings. The first kappa shape index (κ1) is 35.8. The van der Waals surface area contributed by atoms with E-state index >= 15 is 0 Å². The van der Waals surface area contributed by atoms with Crippen LogP contribution in [0.25, 0.3) is 0 Å². The number of aromatic nitrogens is 1. The molecular formula is C35H43IN4O7. The Morgan fingerprint density at radius 3 is 2.13 bits per heavy atom. The third kappa shape index (κ3) is 9.49. The van der Waals surface area contributed by atoms with Crippen molar-refractivity contribution in [2.45, 2.75) is 78.2 Å². The van der Waals surface area contributed by atoms with Crippen molar-refractivity contribution in [2.75, 3.05) is 30.4 Å². The number of piperidine rings is 1. The Kier molecular flexibility index (Phi) is 11.3. The number of carbonyl (C=O) groups excluding carboxylic acids is 4. The molecule has 12 heteroatoms. The number of amides is 2. The second-order valence-electron chi connectivity index (χ2n) is 13.4. The molecule has 1 fully saturated rings. The predicted octanol–water partition coefficient (Wildman–Crippen LogP) is 6.63. The number of ether oxygens (including phenoxy) is 3. The van der Waals surface area contributed by atoms with Crippen molar-refractivity contribution < 1.29 is 33.4 Å². The van der Waals surface area contributed by atoms with E-state index in [0.717, 1.165) is 18.4 Å². The zero-order valence-electron chi connectivity index (χ0n) is 27.9. The molecule has 2 N–H and O–H groups in total. The monoisotopic (exact) mass is 758 g/mol. The van der Waals surface area contributed by atoms with E-state index in [1.165, 1.54) is 7.11 Å². The fraction of sp³-hybridized carbons (Fsp3) is 0.429. The lowest BCUT2D eigenvalue weighted by Crippen LogP contribution is -2.49. The summed E-state index contributed by atoms with van der Waals surface area (Å²) in [4.78, 5) is 54.8. The SMILES string of the molecule is COC(=O)c1ccc(NC(=O)c2c(I)c(C(=O)OC(C)(C)C)c(N3CCC[C@@H](NC(=O)OC(C)(C)C)C3)n2Cc2ccccc2)cc1. The molecule has 0 aliphatic carbocycles. The summed E-state index contributed by atoms with van der Waals surface area (Å²) in [6.07, 6.45) is 0.947. The van der Waals surface area contributed by atoms with Crippen molar-refractivity contribution in [3.8, 4) is 0 Å². The van der Waals surface area contributed by atoms with Crippen LogP contribution in [-0.2, 0) is 20.8 Å². The van der Waals surface area contributed by atoms with Crippen LogP contribution in [-0.4, -0.2) is 65.9 Å². The number of alkyl carbamates (subject to hydrolysis) is 1. The maximum atomic E-state index is 14.1. The number of hydrogen-bond acceptors (Lipinski definition) is 8. The van der Waals surface area contributed by atoms with Crippen LogP contribution >= 0.6 is 22.6 Å². The number of methoxy groups -OCH3 is 1. The highest BCUT2D eigenvalue weighted by molar-refractivity contribution is 14.1. The fourth-order valence-corrected chi connectivity index (χ4v) is 6.31. The minimum absolute atomic E-state index is 0.256. The van der Waals surface area contributed by atoms with Crippen molar-refractivity contribution in [3.63, 3.8) is 0 Å². The van der Waals surface area contributed by atoms with Crippen LogP contribution in [0, 0.1) is 3.57 Å². The van der Waals surface area contributed by atoms with Crippen LogP contribution in [0.3, 0.4) is 0 Å². The zero-order valence-corrected chi connectivity index (χ0v) is 30.1. The van der Waals surface area contributed by atoms with Gasteiger partial charge in [-0.2, -0.15) is 0 Å². The summed E-state index contributed by atoms with van der Waals surface area (Å²) in [6.45, 7) is 12.1. The number of nitrogens with one attached hydrogen (secondary N) is 2. The standard InChI is InChI=1S/C35H43IN4O7/c1-34(2,3)46-32(43)26-27(36)28(29(41)37-24-17-15-23(16-18-24)31(42)45-7)40(20-22-12-9-8-10-13-22)30(26)39-19-11-14-25(21-39)38-33(44)47-35(4,5)6/h8-10,12-13,15-18,25H,11,14,19-21H2,1-7H3,(H,37,41)(H,38,44)/t25-/m1/s1. The van der Waals surface area contributed by atoms with Crippen LogP contribution in [0.1, 0.15) is 91.2 Å². The Morgan fingerprint density at radius 1 is 0.894 bits per heavy atom. The van der Waals surface area contributed by atoms with Gasteiger partial charge >= 0.3 is 18.0 Å². The highest BCUT2D eigenvalue weighted by Crippen LogP contribution is 2.36. The Balaban J connectivity index is 1.81. The second kappa shape index (κ2) is 14.8. The number of rotatable bonds is 8. The third-order valence-corrected chi connectivity index (χ3v) is 8.23. The Morgan fingerprint density at radius 2 is 1.53 bits per heavy atom. The van der Waals surface area contributed by atoms with E-state index in [4.69, 9.17) is 14.2 Å². The lowest BCUT2D eigenvalue weighted by molar-refractivity contribution is 0.00682. The van der Waals surface area contributed by atoms with Gasteiger partial charge in [-0.15, -0.1) is 0 Å². The van der Waals surface area contributed by atoms with Crippen molar-refractivity contribution in [1.29, 1.82) is 0 Å². The molecule has 0 radical (unpaired) electrons. The summed E-state index contributed by atoms with van der Waals surface area (Å²) >= 11 is 2.05. The van der Waals surface area contributed by atoms with Gasteiger partial charge in [0.1, 0.15) is 28.3 Å². The lowest BCUT2D eigenvalue weighted by Gasteiger charge is -2.36. The fourth-order valence-electron chi connectivity index (χ4n) is 5.32. The van der Waals surface area contributed by atoms with Crippen molar-refractivity contribution in [3.05, 3.63) is 80.6 Å². The molecule has 0 bridgehead atoms. The number of esters is 2. The van der Waals surface area contributed by atoms with Crippen LogP contribution in [0.4, 0.5) is 16.3 Å². The third-order valence-electron chi connectivity index (χ3n) is 7.18. The molecule has 0 spiro atoms. The van der Waals surface area contributed by atoms with Gasteiger partial charge in [0.2, 0.25) is 0 Å². The van der Waals surface area contributed by atoms with E-state index in [1.54, 1.807) is 45.0 Å². The Bertz CT molecular complexity index is 1610. The van der Waals surface area contributed by atoms with Crippen molar-refractivity contribution in [2.24, 2.45) is 0 Å². The predicted molar refractivity (Wildman–Crippen MR) is 188 cm³/mol. The minimum atomic E-state index is -0.786. The zero-order chi connectivity index (χ0) is 34.5. The molecule has 47 heavy (non-hydrogen) atoms. The summed E-state index contributed by atoms with van der Waals surface area (Å²) in [5.74, 6) is -0.939. The van der Waals surface area contributed by atoms with Gasteiger partial charge < -0.3 is 34.3 Å².